The molecule has 1 atom stereocenters. The van der Waals surface area contributed by atoms with Gasteiger partial charge in [0, 0.05) is 19.6 Å². The first-order valence-electron chi connectivity index (χ1n) is 7.08. The number of nitrogens with zero attached hydrogens (tertiary/aromatic N) is 1. The molecule has 0 amide bonds. The standard InChI is InChI=1S/C15H20N2OS/c1-2-7-14-13(6-1)17-15(19-14)8-3-9-16-11-12-5-4-10-18-12/h1-2,6-7,12,16H,3-5,8-11H2. The van der Waals surface area contributed by atoms with Crippen LogP contribution in [0.5, 0.6) is 0 Å². The Labute approximate surface area is 118 Å². The van der Waals surface area contributed by atoms with Crippen LogP contribution in [0.2, 0.25) is 0 Å². The number of hydrogen-bond acceptors (Lipinski definition) is 4. The van der Waals surface area contributed by atoms with Crippen LogP contribution in [-0.2, 0) is 11.2 Å². The zero-order valence-corrected chi connectivity index (χ0v) is 11.9. The molecule has 3 nitrogen and oxygen atoms in total. The topological polar surface area (TPSA) is 34.1 Å². The number of nitrogens with one attached hydrogen (secondary N) is 1. The van der Waals surface area contributed by atoms with Gasteiger partial charge in [-0.1, -0.05) is 12.1 Å². The zero-order valence-electron chi connectivity index (χ0n) is 11.1. The van der Waals surface area contributed by atoms with Crippen LogP contribution in [-0.4, -0.2) is 30.8 Å². The van der Waals surface area contributed by atoms with E-state index in [1.165, 1.54) is 22.5 Å². The molecule has 1 N–H and O–H groups in total. The van der Waals surface area contributed by atoms with E-state index in [1.54, 1.807) is 0 Å². The lowest BCUT2D eigenvalue weighted by atomic mass is 10.2. The molecule has 1 aromatic carbocycles. The Morgan fingerprint density at radius 1 is 1.37 bits per heavy atom. The lowest BCUT2D eigenvalue weighted by Gasteiger charge is -2.09. The number of aromatic nitrogens is 1. The minimum absolute atomic E-state index is 0.447. The summed E-state index contributed by atoms with van der Waals surface area (Å²) in [7, 11) is 0. The van der Waals surface area contributed by atoms with Crippen molar-refractivity contribution in [2.45, 2.75) is 31.8 Å². The quantitative estimate of drug-likeness (QED) is 0.824. The van der Waals surface area contributed by atoms with Crippen LogP contribution in [0.15, 0.2) is 24.3 Å². The predicted molar refractivity (Wildman–Crippen MR) is 79.8 cm³/mol. The van der Waals surface area contributed by atoms with E-state index < -0.39 is 0 Å². The summed E-state index contributed by atoms with van der Waals surface area (Å²) in [6, 6.07) is 8.36. The molecule has 2 heterocycles. The van der Waals surface area contributed by atoms with Gasteiger partial charge in [0.25, 0.3) is 0 Å². The summed E-state index contributed by atoms with van der Waals surface area (Å²) in [5.41, 5.74) is 1.13. The second-order valence-electron chi connectivity index (χ2n) is 5.02. The van der Waals surface area contributed by atoms with Crippen LogP contribution >= 0.6 is 11.3 Å². The summed E-state index contributed by atoms with van der Waals surface area (Å²) in [4.78, 5) is 4.65. The van der Waals surface area contributed by atoms with Crippen molar-refractivity contribution in [2.75, 3.05) is 19.7 Å². The number of benzene rings is 1. The largest absolute Gasteiger partial charge is 0.377 e. The summed E-state index contributed by atoms with van der Waals surface area (Å²) >= 11 is 1.82. The van der Waals surface area contributed by atoms with Crippen molar-refractivity contribution in [2.24, 2.45) is 0 Å². The first kappa shape index (κ1) is 13.0. The van der Waals surface area contributed by atoms with Gasteiger partial charge in [-0.3, -0.25) is 0 Å². The Morgan fingerprint density at radius 2 is 2.32 bits per heavy atom. The van der Waals surface area contributed by atoms with E-state index in [0.29, 0.717) is 6.10 Å². The van der Waals surface area contributed by atoms with Gasteiger partial charge in [0.1, 0.15) is 0 Å². The fourth-order valence-electron chi connectivity index (χ4n) is 2.46. The minimum Gasteiger partial charge on any atom is -0.377 e. The summed E-state index contributed by atoms with van der Waals surface area (Å²) in [6.45, 7) is 2.99. The second kappa shape index (κ2) is 6.46. The molecule has 0 spiro atoms. The Bertz CT molecular complexity index is 487. The highest BCUT2D eigenvalue weighted by Crippen LogP contribution is 2.22. The number of fused-ring (bicyclic) bond motifs is 1. The molecule has 1 fully saturated rings. The van der Waals surface area contributed by atoms with Gasteiger partial charge in [-0.05, 0) is 37.9 Å². The van der Waals surface area contributed by atoms with Crippen LogP contribution in [0.25, 0.3) is 10.2 Å². The number of rotatable bonds is 6. The molecule has 3 rings (SSSR count). The van der Waals surface area contributed by atoms with Gasteiger partial charge in [-0.15, -0.1) is 11.3 Å². The zero-order chi connectivity index (χ0) is 12.9. The third-order valence-electron chi connectivity index (χ3n) is 3.48. The molecule has 1 saturated heterocycles. The second-order valence-corrected chi connectivity index (χ2v) is 6.13. The Balaban J connectivity index is 1.39. The summed E-state index contributed by atoms with van der Waals surface area (Å²) in [6.07, 6.45) is 5.09. The van der Waals surface area contributed by atoms with E-state index >= 15 is 0 Å². The number of thiazole rings is 1. The van der Waals surface area contributed by atoms with Crippen molar-refractivity contribution in [3.8, 4) is 0 Å². The lowest BCUT2D eigenvalue weighted by Crippen LogP contribution is -2.27. The van der Waals surface area contributed by atoms with Crippen LogP contribution in [0.4, 0.5) is 0 Å². The summed E-state index contributed by atoms with van der Waals surface area (Å²) < 4.78 is 6.88. The number of ether oxygens (including phenoxy) is 1. The molecule has 0 saturated carbocycles. The molecule has 19 heavy (non-hydrogen) atoms. The highest BCUT2D eigenvalue weighted by atomic mass is 32.1. The maximum atomic E-state index is 5.58. The Morgan fingerprint density at radius 3 is 3.16 bits per heavy atom. The van der Waals surface area contributed by atoms with E-state index in [0.717, 1.165) is 38.1 Å². The van der Waals surface area contributed by atoms with E-state index in [9.17, 15) is 0 Å². The molecule has 1 aliphatic heterocycles. The highest BCUT2D eigenvalue weighted by molar-refractivity contribution is 7.18. The molecule has 0 radical (unpaired) electrons. The number of aryl methyl sites for hydroxylation is 1. The maximum absolute atomic E-state index is 5.58. The van der Waals surface area contributed by atoms with Gasteiger partial charge in [-0.25, -0.2) is 4.98 Å². The lowest BCUT2D eigenvalue weighted by molar-refractivity contribution is 0.110. The predicted octanol–water partition coefficient (Wildman–Crippen LogP) is 3.00. The Hall–Kier alpha value is -0.970. The third-order valence-corrected chi connectivity index (χ3v) is 4.57. The van der Waals surface area contributed by atoms with E-state index in [-0.39, 0.29) is 0 Å². The highest BCUT2D eigenvalue weighted by Gasteiger charge is 2.14. The van der Waals surface area contributed by atoms with Gasteiger partial charge in [-0.2, -0.15) is 0 Å². The van der Waals surface area contributed by atoms with Crippen molar-refractivity contribution in [1.29, 1.82) is 0 Å². The van der Waals surface area contributed by atoms with E-state index in [1.807, 2.05) is 11.3 Å². The van der Waals surface area contributed by atoms with Gasteiger partial charge in [0.05, 0.1) is 21.3 Å². The van der Waals surface area contributed by atoms with Crippen LogP contribution in [0, 0.1) is 0 Å². The number of hydrogen-bond donors (Lipinski definition) is 1. The maximum Gasteiger partial charge on any atom is 0.0939 e. The average Bonchev–Trinajstić information content (AvgIpc) is 3.06. The fraction of sp³-hybridized carbons (Fsp3) is 0.533. The SMILES string of the molecule is c1ccc2sc(CCCNCC3CCCO3)nc2c1. The van der Waals surface area contributed by atoms with Gasteiger partial charge in [0.15, 0.2) is 0 Å². The molecule has 1 aliphatic rings. The molecular weight excluding hydrogens is 256 g/mol. The molecule has 4 heteroatoms. The molecule has 102 valence electrons. The Kier molecular flexibility index (Phi) is 4.43. The first-order chi connectivity index (χ1) is 9.42. The van der Waals surface area contributed by atoms with Gasteiger partial charge >= 0.3 is 0 Å². The van der Waals surface area contributed by atoms with Crippen molar-refractivity contribution in [3.63, 3.8) is 0 Å². The first-order valence-corrected chi connectivity index (χ1v) is 7.90. The molecule has 2 aromatic rings. The monoisotopic (exact) mass is 276 g/mol. The van der Waals surface area contributed by atoms with Crippen LogP contribution in [0.1, 0.15) is 24.3 Å². The van der Waals surface area contributed by atoms with Crippen molar-refractivity contribution >= 4 is 21.6 Å². The molecule has 0 bridgehead atoms. The molecule has 1 unspecified atom stereocenters. The fourth-order valence-corrected chi connectivity index (χ4v) is 3.47. The molecular formula is C15H20N2OS. The normalized spacial score (nSPS) is 19.3. The van der Waals surface area contributed by atoms with Crippen molar-refractivity contribution < 1.29 is 4.74 Å². The molecule has 1 aromatic heterocycles. The van der Waals surface area contributed by atoms with Gasteiger partial charge in [0.2, 0.25) is 0 Å². The van der Waals surface area contributed by atoms with E-state index in [2.05, 4.69) is 34.6 Å². The van der Waals surface area contributed by atoms with Gasteiger partial charge < -0.3 is 10.1 Å². The van der Waals surface area contributed by atoms with Crippen molar-refractivity contribution in [3.05, 3.63) is 29.3 Å². The summed E-state index contributed by atoms with van der Waals surface area (Å²) in [5, 5.41) is 4.73. The van der Waals surface area contributed by atoms with E-state index in [4.69, 9.17) is 4.74 Å². The number of para-hydroxylation sites is 1. The minimum atomic E-state index is 0.447. The smallest absolute Gasteiger partial charge is 0.0939 e. The van der Waals surface area contributed by atoms with Crippen molar-refractivity contribution in [1.82, 2.24) is 10.3 Å². The third kappa shape index (κ3) is 3.53. The van der Waals surface area contributed by atoms with Crippen LogP contribution < -0.4 is 5.32 Å². The van der Waals surface area contributed by atoms with Crippen LogP contribution in [0.3, 0.4) is 0 Å². The summed E-state index contributed by atoms with van der Waals surface area (Å²) in [5.74, 6) is 0. The average molecular weight is 276 g/mol. The molecule has 0 aliphatic carbocycles.